The molecule has 7 nitrogen and oxygen atoms in total. The Bertz CT molecular complexity index is 951. The van der Waals surface area contributed by atoms with Crippen LogP contribution in [0.1, 0.15) is 39.2 Å². The molecule has 0 unspecified atom stereocenters. The Morgan fingerprint density at radius 3 is 2.40 bits per heavy atom. The number of aliphatic carboxylic acids is 1. The molecule has 0 saturated carbocycles. The van der Waals surface area contributed by atoms with Crippen molar-refractivity contribution >= 4 is 40.8 Å². The zero-order chi connectivity index (χ0) is 25.8. The number of ether oxygens (including phenoxy) is 2. The number of carboxylic acid groups (broad SMARTS) is 1. The smallest absolute Gasteiger partial charge is 0.320 e. The van der Waals surface area contributed by atoms with Gasteiger partial charge >= 0.3 is 11.9 Å². The van der Waals surface area contributed by atoms with Crippen LogP contribution in [0.5, 0.6) is 0 Å². The molecule has 35 heavy (non-hydrogen) atoms. The maximum absolute atomic E-state index is 12.2. The van der Waals surface area contributed by atoms with E-state index >= 15 is 0 Å². The summed E-state index contributed by atoms with van der Waals surface area (Å²) >= 11 is 12.2. The number of rotatable bonds is 14. The Kier molecular flexibility index (Phi) is 11.8. The number of hydrogen-bond donors (Lipinski definition) is 2. The van der Waals surface area contributed by atoms with E-state index in [9.17, 15) is 14.7 Å². The van der Waals surface area contributed by atoms with Crippen LogP contribution in [0.2, 0.25) is 10.0 Å². The van der Waals surface area contributed by atoms with E-state index in [1.54, 1.807) is 12.1 Å². The predicted molar refractivity (Wildman–Crippen MR) is 139 cm³/mol. The second-order valence-corrected chi connectivity index (χ2v) is 9.91. The lowest BCUT2D eigenvalue weighted by Crippen LogP contribution is -2.42. The Morgan fingerprint density at radius 2 is 1.77 bits per heavy atom. The molecular weight excluding hydrogens is 491 g/mol. The van der Waals surface area contributed by atoms with Crippen molar-refractivity contribution in [2.75, 3.05) is 31.1 Å². The van der Waals surface area contributed by atoms with E-state index in [-0.39, 0.29) is 12.4 Å². The lowest BCUT2D eigenvalue weighted by molar-refractivity contribution is -0.154. The lowest BCUT2D eigenvalue weighted by atomic mass is 10.2. The van der Waals surface area contributed by atoms with Gasteiger partial charge in [0.15, 0.2) is 0 Å². The van der Waals surface area contributed by atoms with E-state index in [1.165, 1.54) is 0 Å². The molecule has 2 rings (SSSR count). The molecule has 0 radical (unpaired) electrons. The molecule has 0 aliphatic rings. The monoisotopic (exact) mass is 524 g/mol. The third kappa shape index (κ3) is 11.3. The standard InChI is InChI=1S/C26H34Cl2N2O5/c1-26(2,3)35-24(31)11-14-30(20-9-10-21(27)22(28)17-20)15-13-29-23(25(32)33)12-16-34-18-19-7-5-4-6-8-19/h4-10,17,23,29H,11-16,18H2,1-3H3,(H,32,33)/t23-/m0/s1. The van der Waals surface area contributed by atoms with Crippen molar-refractivity contribution in [1.29, 1.82) is 0 Å². The molecule has 0 bridgehead atoms. The number of nitrogens with zero attached hydrogens (tertiary/aromatic N) is 1. The highest BCUT2D eigenvalue weighted by atomic mass is 35.5. The fraction of sp³-hybridized carbons (Fsp3) is 0.462. The van der Waals surface area contributed by atoms with Crippen molar-refractivity contribution < 1.29 is 24.2 Å². The predicted octanol–water partition coefficient (Wildman–Crippen LogP) is 5.18. The minimum absolute atomic E-state index is 0.174. The molecule has 2 N–H and O–H groups in total. The average molecular weight is 525 g/mol. The molecule has 0 fully saturated rings. The van der Waals surface area contributed by atoms with Crippen LogP contribution in [0.15, 0.2) is 48.5 Å². The van der Waals surface area contributed by atoms with E-state index in [0.717, 1.165) is 11.3 Å². The molecule has 0 saturated heterocycles. The van der Waals surface area contributed by atoms with Gasteiger partial charge < -0.3 is 24.8 Å². The Labute approximate surface area is 217 Å². The number of halogens is 2. The minimum atomic E-state index is -0.942. The molecular formula is C26H34Cl2N2O5. The van der Waals surface area contributed by atoms with Crippen LogP contribution in [0, 0.1) is 0 Å². The third-order valence-electron chi connectivity index (χ3n) is 5.01. The zero-order valence-electron chi connectivity index (χ0n) is 20.4. The minimum Gasteiger partial charge on any atom is -0.480 e. The normalized spacial score (nSPS) is 12.3. The van der Waals surface area contributed by atoms with Crippen LogP contribution in [0.3, 0.4) is 0 Å². The molecule has 9 heteroatoms. The summed E-state index contributed by atoms with van der Waals surface area (Å²) in [6, 6.07) is 14.2. The molecule has 0 amide bonds. The highest BCUT2D eigenvalue weighted by Gasteiger charge is 2.20. The number of hydrogen-bond acceptors (Lipinski definition) is 6. The van der Waals surface area contributed by atoms with Crippen LogP contribution in [0.4, 0.5) is 5.69 Å². The van der Waals surface area contributed by atoms with Crippen molar-refractivity contribution in [2.24, 2.45) is 0 Å². The van der Waals surface area contributed by atoms with Gasteiger partial charge in [0.1, 0.15) is 11.6 Å². The van der Waals surface area contributed by atoms with E-state index in [0.29, 0.717) is 49.3 Å². The van der Waals surface area contributed by atoms with Gasteiger partial charge in [-0.25, -0.2) is 0 Å². The van der Waals surface area contributed by atoms with Gasteiger partial charge in [-0.05, 0) is 51.0 Å². The summed E-state index contributed by atoms with van der Waals surface area (Å²) < 4.78 is 11.0. The summed E-state index contributed by atoms with van der Waals surface area (Å²) in [5.41, 5.74) is 1.25. The number of carboxylic acids is 1. The molecule has 0 aliphatic carbocycles. The first kappa shape index (κ1) is 28.9. The maximum atomic E-state index is 12.2. The molecule has 0 aromatic heterocycles. The van der Waals surface area contributed by atoms with Gasteiger partial charge in [0.25, 0.3) is 0 Å². The van der Waals surface area contributed by atoms with Crippen LogP contribution in [-0.4, -0.2) is 54.9 Å². The second kappa shape index (κ2) is 14.3. The van der Waals surface area contributed by atoms with Gasteiger partial charge in [-0.15, -0.1) is 0 Å². The van der Waals surface area contributed by atoms with Crippen LogP contribution in [-0.2, 0) is 25.7 Å². The van der Waals surface area contributed by atoms with Gasteiger partial charge in [0, 0.05) is 31.9 Å². The summed E-state index contributed by atoms with van der Waals surface area (Å²) in [6.07, 6.45) is 0.500. The van der Waals surface area contributed by atoms with Gasteiger partial charge in [0.05, 0.1) is 23.1 Å². The first-order valence-corrected chi connectivity index (χ1v) is 12.3. The summed E-state index contributed by atoms with van der Waals surface area (Å²) in [5, 5.41) is 13.5. The first-order valence-electron chi connectivity index (χ1n) is 11.5. The third-order valence-corrected chi connectivity index (χ3v) is 5.75. The summed E-state index contributed by atoms with van der Waals surface area (Å²) in [4.78, 5) is 25.9. The largest absolute Gasteiger partial charge is 0.480 e. The fourth-order valence-electron chi connectivity index (χ4n) is 3.32. The zero-order valence-corrected chi connectivity index (χ0v) is 21.9. The van der Waals surface area contributed by atoms with Crippen molar-refractivity contribution in [1.82, 2.24) is 5.32 Å². The Balaban J connectivity index is 1.91. The molecule has 0 spiro atoms. The lowest BCUT2D eigenvalue weighted by Gasteiger charge is -2.27. The van der Waals surface area contributed by atoms with E-state index in [4.69, 9.17) is 32.7 Å². The fourth-order valence-corrected chi connectivity index (χ4v) is 3.61. The molecule has 192 valence electrons. The quantitative estimate of drug-likeness (QED) is 0.260. The highest BCUT2D eigenvalue weighted by molar-refractivity contribution is 6.42. The van der Waals surface area contributed by atoms with Gasteiger partial charge in [-0.1, -0.05) is 53.5 Å². The topological polar surface area (TPSA) is 88.1 Å². The molecule has 2 aromatic rings. The van der Waals surface area contributed by atoms with E-state index in [2.05, 4.69) is 5.32 Å². The van der Waals surface area contributed by atoms with Crippen molar-refractivity contribution in [3.05, 3.63) is 64.1 Å². The molecule has 0 aliphatic heterocycles. The number of carbonyl (C=O) groups excluding carboxylic acids is 1. The number of anilines is 1. The van der Waals surface area contributed by atoms with Gasteiger partial charge in [-0.2, -0.15) is 0 Å². The van der Waals surface area contributed by atoms with Crippen LogP contribution < -0.4 is 10.2 Å². The Hall–Kier alpha value is -2.32. The number of carbonyl (C=O) groups is 2. The number of nitrogens with one attached hydrogen (secondary N) is 1. The van der Waals surface area contributed by atoms with Crippen LogP contribution in [0.25, 0.3) is 0 Å². The SMILES string of the molecule is CC(C)(C)OC(=O)CCN(CCN[C@@H](CCOCc1ccccc1)C(=O)O)c1ccc(Cl)c(Cl)c1. The van der Waals surface area contributed by atoms with E-state index in [1.807, 2.05) is 62.1 Å². The maximum Gasteiger partial charge on any atom is 0.320 e. The van der Waals surface area contributed by atoms with Crippen LogP contribution >= 0.6 is 23.2 Å². The first-order chi connectivity index (χ1) is 16.5. The summed E-state index contributed by atoms with van der Waals surface area (Å²) in [7, 11) is 0. The second-order valence-electron chi connectivity index (χ2n) is 9.09. The van der Waals surface area contributed by atoms with Crippen molar-refractivity contribution in [3.63, 3.8) is 0 Å². The van der Waals surface area contributed by atoms with Gasteiger partial charge in [-0.3, -0.25) is 9.59 Å². The molecule has 0 heterocycles. The van der Waals surface area contributed by atoms with Crippen molar-refractivity contribution in [2.45, 2.75) is 51.9 Å². The molecule has 1 atom stereocenters. The molecule has 2 aromatic carbocycles. The van der Waals surface area contributed by atoms with Gasteiger partial charge in [0.2, 0.25) is 0 Å². The number of benzene rings is 2. The van der Waals surface area contributed by atoms with Crippen molar-refractivity contribution in [3.8, 4) is 0 Å². The average Bonchev–Trinajstić information content (AvgIpc) is 2.78. The number of esters is 1. The highest BCUT2D eigenvalue weighted by Crippen LogP contribution is 2.27. The Morgan fingerprint density at radius 1 is 1.06 bits per heavy atom. The summed E-state index contributed by atoms with van der Waals surface area (Å²) in [6.45, 7) is 7.42. The summed E-state index contributed by atoms with van der Waals surface area (Å²) in [5.74, 6) is -1.25. The van der Waals surface area contributed by atoms with E-state index < -0.39 is 17.6 Å².